The number of nitrogens with zero attached hydrogens (tertiary/aromatic N) is 2. The van der Waals surface area contributed by atoms with Crippen molar-refractivity contribution in [2.24, 2.45) is 4.99 Å². The van der Waals surface area contributed by atoms with Crippen molar-refractivity contribution in [1.82, 2.24) is 0 Å². The second-order valence-electron chi connectivity index (χ2n) is 3.49. The zero-order valence-electron chi connectivity index (χ0n) is 8.59. The number of rotatable bonds is 2. The molecule has 16 heavy (non-hydrogen) atoms. The molecule has 0 aromatic heterocycles. The lowest BCUT2D eigenvalue weighted by Gasteiger charge is -2.06. The third kappa shape index (κ3) is 1.93. The highest BCUT2D eigenvalue weighted by Gasteiger charge is 2.13. The average Bonchev–Trinajstić information content (AvgIpc) is 2.30. The summed E-state index contributed by atoms with van der Waals surface area (Å²) in [6.07, 6.45) is 4.80. The van der Waals surface area contributed by atoms with Gasteiger partial charge in [0.05, 0.1) is 10.6 Å². The second kappa shape index (κ2) is 4.14. The summed E-state index contributed by atoms with van der Waals surface area (Å²) in [7, 11) is 0. The maximum atomic E-state index is 10.7. The first-order valence-electron chi connectivity index (χ1n) is 4.94. The normalized spacial score (nSPS) is 14.6. The zero-order chi connectivity index (χ0) is 11.5. The fourth-order valence-corrected chi connectivity index (χ4v) is 1.56. The molecule has 1 aliphatic rings. The van der Waals surface area contributed by atoms with Crippen LogP contribution in [0, 0.1) is 10.1 Å². The zero-order valence-corrected chi connectivity index (χ0v) is 8.59. The summed E-state index contributed by atoms with van der Waals surface area (Å²) < 4.78 is 0. The summed E-state index contributed by atoms with van der Waals surface area (Å²) in [5, 5.41) is 10.7. The van der Waals surface area contributed by atoms with Gasteiger partial charge < -0.3 is 5.73 Å². The van der Waals surface area contributed by atoms with Gasteiger partial charge in [0.1, 0.15) is 5.69 Å². The van der Waals surface area contributed by atoms with Gasteiger partial charge in [0.2, 0.25) is 0 Å². The van der Waals surface area contributed by atoms with Crippen LogP contribution in [0.2, 0.25) is 0 Å². The van der Waals surface area contributed by atoms with Crippen molar-refractivity contribution in [3.63, 3.8) is 0 Å². The summed E-state index contributed by atoms with van der Waals surface area (Å²) in [6.45, 7) is 0.726. The van der Waals surface area contributed by atoms with Crippen LogP contribution in [0.25, 0.3) is 0 Å². The summed E-state index contributed by atoms with van der Waals surface area (Å²) in [4.78, 5) is 14.5. The number of allylic oxidation sites excluding steroid dienone is 1. The molecule has 1 aliphatic heterocycles. The molecule has 1 aromatic rings. The van der Waals surface area contributed by atoms with E-state index in [9.17, 15) is 10.1 Å². The van der Waals surface area contributed by atoms with Crippen LogP contribution in [0.5, 0.6) is 0 Å². The largest absolute Gasteiger partial charge is 0.393 e. The van der Waals surface area contributed by atoms with E-state index < -0.39 is 4.92 Å². The third-order valence-electron chi connectivity index (χ3n) is 2.38. The van der Waals surface area contributed by atoms with Crippen molar-refractivity contribution in [3.05, 3.63) is 46.0 Å². The van der Waals surface area contributed by atoms with Crippen LogP contribution in [0.4, 0.5) is 11.4 Å². The SMILES string of the molecule is Nc1ccc(C2=NCCC=C2)cc1[N+](=O)[O-]. The van der Waals surface area contributed by atoms with Gasteiger partial charge in [0.25, 0.3) is 5.69 Å². The first kappa shape index (κ1) is 10.4. The molecule has 0 aliphatic carbocycles. The van der Waals surface area contributed by atoms with Gasteiger partial charge in [0, 0.05) is 18.2 Å². The maximum absolute atomic E-state index is 10.7. The van der Waals surface area contributed by atoms with Crippen LogP contribution in [0.3, 0.4) is 0 Å². The monoisotopic (exact) mass is 217 g/mol. The third-order valence-corrected chi connectivity index (χ3v) is 2.38. The molecule has 0 radical (unpaired) electrons. The molecule has 2 N–H and O–H groups in total. The van der Waals surface area contributed by atoms with E-state index in [-0.39, 0.29) is 11.4 Å². The molecule has 1 aromatic carbocycles. The van der Waals surface area contributed by atoms with Crippen molar-refractivity contribution >= 4 is 17.1 Å². The highest BCUT2D eigenvalue weighted by Crippen LogP contribution is 2.23. The van der Waals surface area contributed by atoms with E-state index in [0.717, 1.165) is 24.2 Å². The number of anilines is 1. The van der Waals surface area contributed by atoms with Gasteiger partial charge in [-0.05, 0) is 18.6 Å². The lowest BCUT2D eigenvalue weighted by Crippen LogP contribution is -2.04. The van der Waals surface area contributed by atoms with Gasteiger partial charge >= 0.3 is 0 Å². The molecular weight excluding hydrogens is 206 g/mol. The minimum absolute atomic E-state index is 0.0702. The number of benzene rings is 1. The van der Waals surface area contributed by atoms with Crippen LogP contribution in [-0.4, -0.2) is 17.2 Å². The van der Waals surface area contributed by atoms with Crippen LogP contribution in [0.15, 0.2) is 35.3 Å². The Kier molecular flexibility index (Phi) is 2.68. The quantitative estimate of drug-likeness (QED) is 0.466. The lowest BCUT2D eigenvalue weighted by atomic mass is 10.1. The smallest absolute Gasteiger partial charge is 0.292 e. The molecule has 0 spiro atoms. The van der Waals surface area contributed by atoms with Crippen LogP contribution in [0.1, 0.15) is 12.0 Å². The number of nitrogen functional groups attached to an aromatic ring is 1. The lowest BCUT2D eigenvalue weighted by molar-refractivity contribution is -0.383. The van der Waals surface area contributed by atoms with Gasteiger partial charge in [-0.1, -0.05) is 12.1 Å². The molecule has 5 heteroatoms. The summed E-state index contributed by atoms with van der Waals surface area (Å²) in [5.41, 5.74) is 7.13. The van der Waals surface area contributed by atoms with E-state index in [4.69, 9.17) is 5.73 Å². The van der Waals surface area contributed by atoms with Gasteiger partial charge in [-0.3, -0.25) is 15.1 Å². The molecule has 0 fully saturated rings. The summed E-state index contributed by atoms with van der Waals surface area (Å²) in [6, 6.07) is 4.75. The Balaban J connectivity index is 2.43. The molecular formula is C11H11N3O2. The number of aliphatic imine (C=N–C) groups is 1. The molecule has 5 nitrogen and oxygen atoms in total. The van der Waals surface area contributed by atoms with Crippen molar-refractivity contribution in [2.75, 3.05) is 12.3 Å². The van der Waals surface area contributed by atoms with Gasteiger partial charge in [-0.2, -0.15) is 0 Å². The summed E-state index contributed by atoms with van der Waals surface area (Å²) in [5.74, 6) is 0. The maximum Gasteiger partial charge on any atom is 0.292 e. The molecule has 1 heterocycles. The van der Waals surface area contributed by atoms with Crippen LogP contribution < -0.4 is 5.73 Å². The van der Waals surface area contributed by atoms with E-state index >= 15 is 0 Å². The number of nitro benzene ring substituents is 1. The molecule has 0 bridgehead atoms. The van der Waals surface area contributed by atoms with E-state index in [1.165, 1.54) is 6.07 Å². The number of hydrogen-bond acceptors (Lipinski definition) is 4. The van der Waals surface area contributed by atoms with Crippen molar-refractivity contribution in [2.45, 2.75) is 6.42 Å². The van der Waals surface area contributed by atoms with E-state index in [0.29, 0.717) is 0 Å². The predicted molar refractivity (Wildman–Crippen MR) is 62.7 cm³/mol. The fraction of sp³-hybridized carbons (Fsp3) is 0.182. The van der Waals surface area contributed by atoms with Crippen LogP contribution in [-0.2, 0) is 0 Å². The second-order valence-corrected chi connectivity index (χ2v) is 3.49. The Morgan fingerprint density at radius 1 is 1.44 bits per heavy atom. The van der Waals surface area contributed by atoms with Crippen LogP contribution >= 0.6 is 0 Å². The van der Waals surface area contributed by atoms with E-state index in [1.54, 1.807) is 12.1 Å². The molecule has 0 amide bonds. The molecule has 0 saturated heterocycles. The molecule has 0 atom stereocenters. The Bertz CT molecular complexity index is 492. The molecule has 82 valence electrons. The number of dihydropyridines is 1. The highest BCUT2D eigenvalue weighted by molar-refractivity contribution is 6.09. The number of hydrogen-bond donors (Lipinski definition) is 1. The van der Waals surface area contributed by atoms with Gasteiger partial charge in [-0.15, -0.1) is 0 Å². The minimum Gasteiger partial charge on any atom is -0.393 e. The van der Waals surface area contributed by atoms with Gasteiger partial charge in [-0.25, -0.2) is 0 Å². The Labute approximate surface area is 92.4 Å². The van der Waals surface area contributed by atoms with Crippen molar-refractivity contribution in [3.8, 4) is 0 Å². The first-order valence-corrected chi connectivity index (χ1v) is 4.94. The van der Waals surface area contributed by atoms with E-state index in [1.807, 2.05) is 12.2 Å². The highest BCUT2D eigenvalue weighted by atomic mass is 16.6. The predicted octanol–water partition coefficient (Wildman–Crippen LogP) is 1.93. The Hall–Kier alpha value is -2.17. The summed E-state index contributed by atoms with van der Waals surface area (Å²) >= 11 is 0. The first-order chi connectivity index (χ1) is 7.68. The fourth-order valence-electron chi connectivity index (χ4n) is 1.56. The molecule has 2 rings (SSSR count). The Morgan fingerprint density at radius 3 is 2.88 bits per heavy atom. The number of nitro groups is 1. The molecule has 0 saturated carbocycles. The van der Waals surface area contributed by atoms with Crippen molar-refractivity contribution < 1.29 is 4.92 Å². The van der Waals surface area contributed by atoms with Gasteiger partial charge in [0.15, 0.2) is 0 Å². The Morgan fingerprint density at radius 2 is 2.25 bits per heavy atom. The topological polar surface area (TPSA) is 81.5 Å². The number of nitrogens with two attached hydrogens (primary N) is 1. The van der Waals surface area contributed by atoms with E-state index in [2.05, 4.69) is 4.99 Å². The minimum atomic E-state index is -0.480. The standard InChI is InChI=1S/C11H11N3O2/c12-9-5-4-8(7-11(9)14(15)16)10-3-1-2-6-13-10/h1,3-5,7H,2,6,12H2. The van der Waals surface area contributed by atoms with Crippen molar-refractivity contribution in [1.29, 1.82) is 0 Å². The molecule has 0 unspecified atom stereocenters. The average molecular weight is 217 g/mol.